The number of rotatable bonds is 7. The van der Waals surface area contributed by atoms with Crippen LogP contribution in [0.2, 0.25) is 0 Å². The van der Waals surface area contributed by atoms with Gasteiger partial charge < -0.3 is 10.1 Å². The Morgan fingerprint density at radius 2 is 2.21 bits per heavy atom. The van der Waals surface area contributed by atoms with Crippen LogP contribution in [0.3, 0.4) is 0 Å². The van der Waals surface area contributed by atoms with Crippen LogP contribution in [0.1, 0.15) is 42.8 Å². The smallest absolute Gasteiger partial charge is 0.226 e. The fourth-order valence-corrected chi connectivity index (χ4v) is 4.01. The first-order chi connectivity index (χ1) is 11.8. The second kappa shape index (κ2) is 9.30. The van der Waals surface area contributed by atoms with Gasteiger partial charge in [-0.3, -0.25) is 9.69 Å². The Hall–Kier alpha value is -1.24. The minimum Gasteiger partial charge on any atom is -0.379 e. The summed E-state index contributed by atoms with van der Waals surface area (Å²) in [7, 11) is 0. The number of carbonyl (C=O) groups excluding carboxylic acids is 1. The van der Waals surface area contributed by atoms with E-state index < -0.39 is 0 Å². The molecule has 6 heteroatoms. The van der Waals surface area contributed by atoms with Gasteiger partial charge in [0.15, 0.2) is 0 Å². The molecule has 1 N–H and O–H groups in total. The molecule has 24 heavy (non-hydrogen) atoms. The Morgan fingerprint density at radius 1 is 1.33 bits per heavy atom. The second-order valence-corrected chi connectivity index (χ2v) is 7.45. The Bertz CT molecular complexity index is 564. The molecule has 1 aromatic heterocycles. The molecule has 5 nitrogen and oxygen atoms in total. The molecule has 0 atom stereocenters. The molecule has 2 aliphatic rings. The van der Waals surface area contributed by atoms with Crippen LogP contribution >= 0.6 is 11.3 Å². The third-order valence-electron chi connectivity index (χ3n) is 4.56. The lowest BCUT2D eigenvalue weighted by molar-refractivity contribution is -0.120. The number of amides is 1. The van der Waals surface area contributed by atoms with E-state index >= 15 is 0 Å². The van der Waals surface area contributed by atoms with Crippen LogP contribution in [0.4, 0.5) is 0 Å². The number of ether oxygens (including phenoxy) is 1. The first-order valence-electron chi connectivity index (χ1n) is 8.97. The molecule has 132 valence electrons. The minimum absolute atomic E-state index is 0.0784. The summed E-state index contributed by atoms with van der Waals surface area (Å²) in [5, 5.41) is 6.13. The standard InChI is InChI=1S/C18H27N3O2S/c22-17(19-7-6-15-4-2-1-3-5-15)12-16-14-24-18(20-16)13-21-8-10-23-11-9-21/h4,14H,1-3,5-13H2,(H,19,22). The van der Waals surface area contributed by atoms with Gasteiger partial charge in [-0.1, -0.05) is 11.6 Å². The maximum absolute atomic E-state index is 12.1. The lowest BCUT2D eigenvalue weighted by Crippen LogP contribution is -2.35. The number of aromatic nitrogens is 1. The molecule has 0 unspecified atom stereocenters. The summed E-state index contributed by atoms with van der Waals surface area (Å²) in [6.07, 6.45) is 8.73. The van der Waals surface area contributed by atoms with Gasteiger partial charge in [0.2, 0.25) is 5.91 Å². The van der Waals surface area contributed by atoms with Crippen LogP contribution in [-0.4, -0.2) is 48.6 Å². The van der Waals surface area contributed by atoms with E-state index in [0.717, 1.165) is 56.5 Å². The molecule has 1 saturated heterocycles. The van der Waals surface area contributed by atoms with Crippen LogP contribution in [0.5, 0.6) is 0 Å². The van der Waals surface area contributed by atoms with Gasteiger partial charge in [0.1, 0.15) is 5.01 Å². The zero-order valence-corrected chi connectivity index (χ0v) is 15.1. The second-order valence-electron chi connectivity index (χ2n) is 6.51. The van der Waals surface area contributed by atoms with Gasteiger partial charge in [0, 0.05) is 25.0 Å². The molecule has 2 heterocycles. The summed E-state index contributed by atoms with van der Waals surface area (Å²) < 4.78 is 5.36. The van der Waals surface area contributed by atoms with Crippen LogP contribution in [-0.2, 0) is 22.5 Å². The lowest BCUT2D eigenvalue weighted by Gasteiger charge is -2.25. The van der Waals surface area contributed by atoms with E-state index in [-0.39, 0.29) is 5.91 Å². The SMILES string of the molecule is O=C(Cc1csc(CN2CCOCC2)n1)NCCC1=CCCCC1. The number of morpholine rings is 1. The average molecular weight is 350 g/mol. The van der Waals surface area contributed by atoms with E-state index in [9.17, 15) is 4.79 Å². The predicted octanol–water partition coefficient (Wildman–Crippen LogP) is 2.52. The molecule has 1 fully saturated rings. The Labute approximate surface area is 148 Å². The van der Waals surface area contributed by atoms with Crippen LogP contribution in [0.25, 0.3) is 0 Å². The highest BCUT2D eigenvalue weighted by molar-refractivity contribution is 7.09. The number of hydrogen-bond acceptors (Lipinski definition) is 5. The van der Waals surface area contributed by atoms with E-state index in [1.54, 1.807) is 11.3 Å². The summed E-state index contributed by atoms with van der Waals surface area (Å²) in [4.78, 5) is 19.0. The maximum atomic E-state index is 12.1. The summed E-state index contributed by atoms with van der Waals surface area (Å²) >= 11 is 1.65. The fourth-order valence-electron chi connectivity index (χ4n) is 3.17. The van der Waals surface area contributed by atoms with Crippen LogP contribution < -0.4 is 5.32 Å². The molecular formula is C18H27N3O2S. The van der Waals surface area contributed by atoms with Gasteiger partial charge in [-0.2, -0.15) is 0 Å². The first-order valence-corrected chi connectivity index (χ1v) is 9.85. The third-order valence-corrected chi connectivity index (χ3v) is 5.44. The molecule has 0 saturated carbocycles. The van der Waals surface area contributed by atoms with Gasteiger partial charge in [-0.25, -0.2) is 4.98 Å². The molecule has 0 radical (unpaired) electrons. The Kier molecular flexibility index (Phi) is 6.81. The lowest BCUT2D eigenvalue weighted by atomic mass is 9.97. The quantitative estimate of drug-likeness (QED) is 0.769. The first kappa shape index (κ1) is 17.6. The highest BCUT2D eigenvalue weighted by Gasteiger charge is 2.14. The van der Waals surface area contributed by atoms with Crippen molar-refractivity contribution in [3.05, 3.63) is 27.7 Å². The highest BCUT2D eigenvalue weighted by Crippen LogP contribution is 2.19. The van der Waals surface area contributed by atoms with Gasteiger partial charge in [0.25, 0.3) is 0 Å². The number of thiazole rings is 1. The van der Waals surface area contributed by atoms with Crippen molar-refractivity contribution in [3.63, 3.8) is 0 Å². The van der Waals surface area contributed by atoms with Gasteiger partial charge in [-0.05, 0) is 32.1 Å². The third kappa shape index (κ3) is 5.69. The Balaban J connectivity index is 1.37. The van der Waals surface area contributed by atoms with E-state index in [1.807, 2.05) is 5.38 Å². The van der Waals surface area contributed by atoms with Crippen molar-refractivity contribution in [1.82, 2.24) is 15.2 Å². The van der Waals surface area contributed by atoms with Crippen molar-refractivity contribution in [2.45, 2.75) is 45.1 Å². The van der Waals surface area contributed by atoms with Crippen LogP contribution in [0.15, 0.2) is 17.0 Å². The monoisotopic (exact) mass is 349 g/mol. The molecule has 1 amide bonds. The number of hydrogen-bond donors (Lipinski definition) is 1. The Morgan fingerprint density at radius 3 is 3.00 bits per heavy atom. The number of allylic oxidation sites excluding steroid dienone is 1. The summed E-state index contributed by atoms with van der Waals surface area (Å²) in [6.45, 7) is 5.14. The number of nitrogens with zero attached hydrogens (tertiary/aromatic N) is 2. The van der Waals surface area contributed by atoms with Crippen LogP contribution in [0, 0.1) is 0 Å². The molecule has 1 aromatic rings. The van der Waals surface area contributed by atoms with Gasteiger partial charge in [-0.15, -0.1) is 11.3 Å². The molecule has 1 aliphatic heterocycles. The number of nitrogens with one attached hydrogen (secondary N) is 1. The molecule has 3 rings (SSSR count). The minimum atomic E-state index is 0.0784. The van der Waals surface area contributed by atoms with E-state index in [1.165, 1.54) is 31.3 Å². The zero-order valence-electron chi connectivity index (χ0n) is 14.3. The predicted molar refractivity (Wildman–Crippen MR) is 96.1 cm³/mol. The van der Waals surface area contributed by atoms with E-state index in [2.05, 4.69) is 21.3 Å². The highest BCUT2D eigenvalue weighted by atomic mass is 32.1. The topological polar surface area (TPSA) is 54.5 Å². The normalized spacial score (nSPS) is 19.1. The van der Waals surface area contributed by atoms with E-state index in [0.29, 0.717) is 6.42 Å². The molecule has 1 aliphatic carbocycles. The van der Waals surface area contributed by atoms with Gasteiger partial charge in [0.05, 0.1) is 31.9 Å². The van der Waals surface area contributed by atoms with E-state index in [4.69, 9.17) is 4.74 Å². The average Bonchev–Trinajstić information content (AvgIpc) is 3.03. The molecular weight excluding hydrogens is 322 g/mol. The van der Waals surface area contributed by atoms with Crippen molar-refractivity contribution in [2.24, 2.45) is 0 Å². The van der Waals surface area contributed by atoms with Crippen molar-refractivity contribution in [2.75, 3.05) is 32.8 Å². The summed E-state index contributed by atoms with van der Waals surface area (Å²) in [5.41, 5.74) is 2.39. The van der Waals surface area contributed by atoms with Gasteiger partial charge >= 0.3 is 0 Å². The van der Waals surface area contributed by atoms with Crippen molar-refractivity contribution < 1.29 is 9.53 Å². The summed E-state index contributed by atoms with van der Waals surface area (Å²) in [6, 6.07) is 0. The molecule has 0 bridgehead atoms. The molecule has 0 aromatic carbocycles. The number of carbonyl (C=O) groups is 1. The summed E-state index contributed by atoms with van der Waals surface area (Å²) in [5.74, 6) is 0.0784. The van der Waals surface area contributed by atoms with Crippen molar-refractivity contribution in [3.8, 4) is 0 Å². The van der Waals surface area contributed by atoms with Crippen molar-refractivity contribution >= 4 is 17.2 Å². The molecule has 0 spiro atoms. The maximum Gasteiger partial charge on any atom is 0.226 e. The fraction of sp³-hybridized carbons (Fsp3) is 0.667. The zero-order chi connectivity index (χ0) is 16.6. The van der Waals surface area contributed by atoms with Crippen molar-refractivity contribution in [1.29, 1.82) is 0 Å². The largest absolute Gasteiger partial charge is 0.379 e.